The highest BCUT2D eigenvalue weighted by Crippen LogP contribution is 2.25. The van der Waals surface area contributed by atoms with E-state index in [2.05, 4.69) is 9.97 Å². The molecular weight excluding hydrogens is 450 g/mol. The predicted octanol–water partition coefficient (Wildman–Crippen LogP) is 5.73. The first-order valence-electron chi connectivity index (χ1n) is 11.4. The lowest BCUT2D eigenvalue weighted by molar-refractivity contribution is 0.100. The number of pyridine rings is 5. The second-order valence-electron chi connectivity index (χ2n) is 8.15. The third kappa shape index (κ3) is 4.81. The highest BCUT2D eigenvalue weighted by Gasteiger charge is 2.11. The Hall–Kier alpha value is -4.91. The van der Waals surface area contributed by atoms with E-state index in [1.807, 2.05) is 66.7 Å². The molecule has 0 N–H and O–H groups in total. The fourth-order valence-electron chi connectivity index (χ4n) is 3.71. The zero-order chi connectivity index (χ0) is 25.1. The summed E-state index contributed by atoms with van der Waals surface area (Å²) in [4.78, 5) is 46.6. The zero-order valence-corrected chi connectivity index (χ0v) is 19.7. The van der Waals surface area contributed by atoms with Crippen LogP contribution in [0.3, 0.4) is 0 Å². The van der Waals surface area contributed by atoms with E-state index in [0.29, 0.717) is 56.9 Å². The summed E-state index contributed by atoms with van der Waals surface area (Å²) >= 11 is 0. The summed E-state index contributed by atoms with van der Waals surface area (Å²) in [6, 6.07) is 27.5. The summed E-state index contributed by atoms with van der Waals surface area (Å²) in [5, 5.41) is 0. The molecule has 0 bridgehead atoms. The van der Waals surface area contributed by atoms with Gasteiger partial charge in [-0.15, -0.1) is 0 Å². The molecule has 0 saturated heterocycles. The molecule has 5 rings (SSSR count). The van der Waals surface area contributed by atoms with Crippen molar-refractivity contribution in [3.8, 4) is 45.6 Å². The van der Waals surface area contributed by atoms with Crippen LogP contribution in [0, 0.1) is 0 Å². The zero-order valence-electron chi connectivity index (χ0n) is 19.7. The number of carbonyl (C=O) groups excluding carboxylic acids is 2. The number of Topliss-reactive ketones (excluding diaryl/α,β-unsaturated/α-hetero) is 2. The molecule has 5 heterocycles. The number of nitrogens with zero attached hydrogens (tertiary/aromatic N) is 5. The average Bonchev–Trinajstić information content (AvgIpc) is 2.93. The van der Waals surface area contributed by atoms with Crippen molar-refractivity contribution in [1.82, 2.24) is 24.9 Å². The van der Waals surface area contributed by atoms with Crippen LogP contribution >= 0.6 is 0 Å². The molecule has 5 aromatic heterocycles. The van der Waals surface area contributed by atoms with Crippen LogP contribution in [0.4, 0.5) is 0 Å². The molecule has 0 aromatic carbocycles. The minimum absolute atomic E-state index is 0.0969. The molecule has 0 atom stereocenters. The summed E-state index contributed by atoms with van der Waals surface area (Å²) in [5.74, 6) is -0.194. The summed E-state index contributed by atoms with van der Waals surface area (Å²) in [5.41, 5.74) is 6.06. The van der Waals surface area contributed by atoms with Crippen LogP contribution in [0.1, 0.15) is 34.8 Å². The Balaban J connectivity index is 1.49. The van der Waals surface area contributed by atoms with Gasteiger partial charge in [-0.25, -0.2) is 24.9 Å². The Morgan fingerprint density at radius 3 is 0.861 bits per heavy atom. The van der Waals surface area contributed by atoms with Gasteiger partial charge in [0, 0.05) is 13.8 Å². The number of carbonyl (C=O) groups is 2. The van der Waals surface area contributed by atoms with Crippen molar-refractivity contribution >= 4 is 11.6 Å². The molecule has 0 spiro atoms. The smallest absolute Gasteiger partial charge is 0.178 e. The molecule has 0 saturated carbocycles. The van der Waals surface area contributed by atoms with E-state index in [1.165, 1.54) is 13.8 Å². The van der Waals surface area contributed by atoms with Crippen LogP contribution in [-0.4, -0.2) is 36.5 Å². The van der Waals surface area contributed by atoms with Crippen molar-refractivity contribution in [1.29, 1.82) is 0 Å². The molecule has 7 nitrogen and oxygen atoms in total. The summed E-state index contributed by atoms with van der Waals surface area (Å²) < 4.78 is 0. The monoisotopic (exact) mass is 471 g/mol. The molecule has 0 amide bonds. The fraction of sp³-hybridized carbons (Fsp3) is 0.0690. The van der Waals surface area contributed by atoms with Crippen molar-refractivity contribution in [3.63, 3.8) is 0 Å². The minimum Gasteiger partial charge on any atom is -0.293 e. The maximum absolute atomic E-state index is 11.7. The molecule has 0 aliphatic carbocycles. The molecule has 0 fully saturated rings. The summed E-state index contributed by atoms with van der Waals surface area (Å²) in [6.45, 7) is 2.98. The average molecular weight is 472 g/mol. The molecule has 0 aliphatic heterocycles. The lowest BCUT2D eigenvalue weighted by Crippen LogP contribution is -1.99. The standard InChI is InChI=1S/C29H21N5O2/c1-18(35)20-8-3-10-22(30-20)24-12-5-14-26(32-24)28-16-7-17-29(34-28)27-15-6-13-25(33-27)23-11-4-9-21(31-23)19(2)36/h3-17H,1-2H3. The van der Waals surface area contributed by atoms with Crippen molar-refractivity contribution in [2.45, 2.75) is 13.8 Å². The highest BCUT2D eigenvalue weighted by molar-refractivity contribution is 5.93. The van der Waals surface area contributed by atoms with Gasteiger partial charge in [-0.3, -0.25) is 9.59 Å². The molecule has 36 heavy (non-hydrogen) atoms. The highest BCUT2D eigenvalue weighted by atomic mass is 16.1. The Morgan fingerprint density at radius 1 is 0.389 bits per heavy atom. The quantitative estimate of drug-likeness (QED) is 0.291. The topological polar surface area (TPSA) is 98.6 Å². The molecule has 0 unspecified atom stereocenters. The molecule has 5 aromatic rings. The Bertz CT molecular complexity index is 1500. The molecular formula is C29H21N5O2. The largest absolute Gasteiger partial charge is 0.293 e. The van der Waals surface area contributed by atoms with E-state index < -0.39 is 0 Å². The first kappa shape index (κ1) is 22.9. The lowest BCUT2D eigenvalue weighted by Gasteiger charge is -2.08. The number of aromatic nitrogens is 5. The fourth-order valence-corrected chi connectivity index (χ4v) is 3.71. The van der Waals surface area contributed by atoms with Crippen molar-refractivity contribution < 1.29 is 9.59 Å². The third-order valence-corrected chi connectivity index (χ3v) is 5.52. The van der Waals surface area contributed by atoms with Crippen molar-refractivity contribution in [3.05, 3.63) is 102 Å². The van der Waals surface area contributed by atoms with E-state index in [-0.39, 0.29) is 11.6 Å². The van der Waals surface area contributed by atoms with Crippen LogP contribution in [0.25, 0.3) is 45.6 Å². The summed E-state index contributed by atoms with van der Waals surface area (Å²) in [7, 11) is 0. The third-order valence-electron chi connectivity index (χ3n) is 5.52. The summed E-state index contributed by atoms with van der Waals surface area (Å²) in [6.07, 6.45) is 0. The van der Waals surface area contributed by atoms with Gasteiger partial charge in [-0.05, 0) is 60.7 Å². The van der Waals surface area contributed by atoms with E-state index >= 15 is 0 Å². The van der Waals surface area contributed by atoms with Gasteiger partial charge in [0.1, 0.15) is 11.4 Å². The second-order valence-corrected chi connectivity index (χ2v) is 8.15. The molecule has 174 valence electrons. The maximum atomic E-state index is 11.7. The van der Waals surface area contributed by atoms with Crippen LogP contribution in [0.2, 0.25) is 0 Å². The Labute approximate surface area is 208 Å². The number of hydrogen-bond acceptors (Lipinski definition) is 7. The van der Waals surface area contributed by atoms with Crippen LogP contribution in [0.5, 0.6) is 0 Å². The van der Waals surface area contributed by atoms with E-state index in [9.17, 15) is 9.59 Å². The van der Waals surface area contributed by atoms with Gasteiger partial charge in [0.25, 0.3) is 0 Å². The van der Waals surface area contributed by atoms with Gasteiger partial charge >= 0.3 is 0 Å². The van der Waals surface area contributed by atoms with Gasteiger partial charge in [-0.1, -0.05) is 30.3 Å². The number of ketones is 2. The maximum Gasteiger partial charge on any atom is 0.178 e. The normalized spacial score (nSPS) is 10.7. The van der Waals surface area contributed by atoms with Crippen LogP contribution < -0.4 is 0 Å². The second kappa shape index (κ2) is 9.76. The van der Waals surface area contributed by atoms with E-state index in [4.69, 9.17) is 15.0 Å². The van der Waals surface area contributed by atoms with Gasteiger partial charge in [-0.2, -0.15) is 0 Å². The van der Waals surface area contributed by atoms with E-state index in [1.54, 1.807) is 24.3 Å². The van der Waals surface area contributed by atoms with Crippen molar-refractivity contribution in [2.75, 3.05) is 0 Å². The first-order valence-corrected chi connectivity index (χ1v) is 11.4. The molecule has 0 aliphatic rings. The lowest BCUT2D eigenvalue weighted by atomic mass is 10.1. The Morgan fingerprint density at radius 2 is 0.611 bits per heavy atom. The van der Waals surface area contributed by atoms with Crippen molar-refractivity contribution in [2.24, 2.45) is 0 Å². The molecule has 0 radical (unpaired) electrons. The minimum atomic E-state index is -0.0969. The van der Waals surface area contributed by atoms with Gasteiger partial charge < -0.3 is 0 Å². The molecule has 7 heteroatoms. The first-order chi connectivity index (χ1) is 17.5. The number of hydrogen-bond donors (Lipinski definition) is 0. The van der Waals surface area contributed by atoms with Crippen LogP contribution in [-0.2, 0) is 0 Å². The predicted molar refractivity (Wildman–Crippen MR) is 137 cm³/mol. The van der Waals surface area contributed by atoms with Gasteiger partial charge in [0.05, 0.1) is 45.6 Å². The van der Waals surface area contributed by atoms with E-state index in [0.717, 1.165) is 0 Å². The van der Waals surface area contributed by atoms with Gasteiger partial charge in [0.15, 0.2) is 11.6 Å². The number of rotatable bonds is 6. The van der Waals surface area contributed by atoms with Gasteiger partial charge in [0.2, 0.25) is 0 Å². The van der Waals surface area contributed by atoms with Crippen LogP contribution in [0.15, 0.2) is 91.0 Å². The Kier molecular flexibility index (Phi) is 6.19. The SMILES string of the molecule is CC(=O)c1cccc(-c2cccc(-c3cccc(-c4cccc(-c5cccc(C(C)=O)n5)n4)n3)n2)n1.